The minimum atomic E-state index is -0.624. The molecular weight excluding hydrogens is 488 g/mol. The molecule has 0 aromatic heterocycles. The fourth-order valence-electron chi connectivity index (χ4n) is 4.76. The number of rotatable bonds is 12. The van der Waals surface area contributed by atoms with Crippen LogP contribution in [0.15, 0.2) is 121 Å². The fourth-order valence-corrected chi connectivity index (χ4v) is 4.76. The molecule has 5 heteroatoms. The molecule has 0 amide bonds. The second-order valence-electron chi connectivity index (χ2n) is 9.79. The van der Waals surface area contributed by atoms with Gasteiger partial charge in [-0.25, -0.2) is 0 Å². The van der Waals surface area contributed by atoms with Crippen molar-refractivity contribution < 1.29 is 23.7 Å². The summed E-state index contributed by atoms with van der Waals surface area (Å²) < 4.78 is 32.4. The molecule has 202 valence electrons. The second kappa shape index (κ2) is 14.2. The molecule has 0 N–H and O–H groups in total. The van der Waals surface area contributed by atoms with E-state index in [-0.39, 0.29) is 12.2 Å². The Balaban J connectivity index is 1.38. The number of hydrogen-bond acceptors (Lipinski definition) is 5. The summed E-state index contributed by atoms with van der Waals surface area (Å²) in [7, 11) is 0. The lowest BCUT2D eigenvalue weighted by atomic mass is 9.98. The molecule has 1 heterocycles. The van der Waals surface area contributed by atoms with Crippen molar-refractivity contribution in [3.8, 4) is 0 Å². The molecular formula is C34H36O5. The SMILES string of the molecule is C[C@@H]1O[C@@H](OCc2ccccc2)[C@H](OCc2ccccc2)[C@H](OCc2ccccc2)[C@H]1OCc1ccccc1. The van der Waals surface area contributed by atoms with Crippen LogP contribution in [0.5, 0.6) is 0 Å². The average molecular weight is 525 g/mol. The van der Waals surface area contributed by atoms with Crippen LogP contribution in [0.3, 0.4) is 0 Å². The quantitative estimate of drug-likeness (QED) is 0.206. The van der Waals surface area contributed by atoms with E-state index in [2.05, 4.69) is 36.4 Å². The third-order valence-electron chi connectivity index (χ3n) is 6.84. The van der Waals surface area contributed by atoms with Crippen LogP contribution in [0, 0.1) is 0 Å². The van der Waals surface area contributed by atoms with E-state index in [1.54, 1.807) is 0 Å². The van der Waals surface area contributed by atoms with Gasteiger partial charge in [-0.15, -0.1) is 0 Å². The molecule has 0 spiro atoms. The number of benzene rings is 4. The summed E-state index contributed by atoms with van der Waals surface area (Å²) in [5.41, 5.74) is 4.32. The molecule has 0 radical (unpaired) electrons. The highest BCUT2D eigenvalue weighted by atomic mass is 16.7. The van der Waals surface area contributed by atoms with Crippen LogP contribution in [0.25, 0.3) is 0 Å². The van der Waals surface area contributed by atoms with E-state index in [1.807, 2.05) is 91.9 Å². The molecule has 1 aliphatic heterocycles. The molecule has 1 aliphatic rings. The van der Waals surface area contributed by atoms with Gasteiger partial charge in [-0.3, -0.25) is 0 Å². The number of hydrogen-bond donors (Lipinski definition) is 0. The Morgan fingerprint density at radius 3 is 1.18 bits per heavy atom. The van der Waals surface area contributed by atoms with Crippen molar-refractivity contribution in [2.45, 2.75) is 64.1 Å². The van der Waals surface area contributed by atoms with E-state index in [0.717, 1.165) is 22.3 Å². The Bertz CT molecular complexity index is 1220. The fraction of sp³-hybridized carbons (Fsp3) is 0.294. The second-order valence-corrected chi connectivity index (χ2v) is 9.79. The standard InChI is InChI=1S/C34H36O5/c1-26-31(35-22-27-14-6-2-7-15-27)32(36-23-28-16-8-3-9-17-28)33(37-24-29-18-10-4-11-19-29)34(39-26)38-25-30-20-12-5-13-21-30/h2-21,26,31-34H,22-25H2,1H3/t26-,31-,32+,33+,34+/m0/s1. The predicted octanol–water partition coefficient (Wildman–Crippen LogP) is 6.70. The number of ether oxygens (including phenoxy) is 5. The van der Waals surface area contributed by atoms with Gasteiger partial charge < -0.3 is 23.7 Å². The highest BCUT2D eigenvalue weighted by Crippen LogP contribution is 2.31. The maximum Gasteiger partial charge on any atom is 0.187 e. The summed E-state index contributed by atoms with van der Waals surface area (Å²) in [5.74, 6) is 0. The first-order valence-electron chi connectivity index (χ1n) is 13.5. The Kier molecular flexibility index (Phi) is 9.91. The van der Waals surface area contributed by atoms with Gasteiger partial charge in [-0.05, 0) is 29.2 Å². The smallest absolute Gasteiger partial charge is 0.187 e. The van der Waals surface area contributed by atoms with E-state index < -0.39 is 18.5 Å². The van der Waals surface area contributed by atoms with Crippen LogP contribution >= 0.6 is 0 Å². The Morgan fingerprint density at radius 1 is 0.436 bits per heavy atom. The largest absolute Gasteiger partial charge is 0.368 e. The van der Waals surface area contributed by atoms with Crippen LogP contribution in [0.4, 0.5) is 0 Å². The van der Waals surface area contributed by atoms with Gasteiger partial charge in [0.1, 0.15) is 18.3 Å². The van der Waals surface area contributed by atoms with Crippen molar-refractivity contribution in [1.29, 1.82) is 0 Å². The summed E-state index contributed by atoms with van der Waals surface area (Å²) in [6.45, 7) is 3.71. The molecule has 4 aromatic rings. The van der Waals surface area contributed by atoms with Gasteiger partial charge in [-0.2, -0.15) is 0 Å². The summed E-state index contributed by atoms with van der Waals surface area (Å²) in [4.78, 5) is 0. The van der Waals surface area contributed by atoms with Crippen LogP contribution in [-0.4, -0.2) is 30.7 Å². The molecule has 0 bridgehead atoms. The highest BCUT2D eigenvalue weighted by molar-refractivity contribution is 5.16. The topological polar surface area (TPSA) is 46.2 Å². The van der Waals surface area contributed by atoms with Gasteiger partial charge in [0.25, 0.3) is 0 Å². The zero-order chi connectivity index (χ0) is 26.7. The molecule has 5 rings (SSSR count). The van der Waals surface area contributed by atoms with Crippen molar-refractivity contribution in [2.24, 2.45) is 0 Å². The first-order valence-corrected chi connectivity index (χ1v) is 13.5. The lowest BCUT2D eigenvalue weighted by molar-refractivity contribution is -0.322. The lowest BCUT2D eigenvalue weighted by Gasteiger charge is -2.45. The van der Waals surface area contributed by atoms with Gasteiger partial charge in [-0.1, -0.05) is 121 Å². The zero-order valence-electron chi connectivity index (χ0n) is 22.3. The van der Waals surface area contributed by atoms with E-state index in [4.69, 9.17) is 23.7 Å². The zero-order valence-corrected chi connectivity index (χ0v) is 22.3. The van der Waals surface area contributed by atoms with Crippen molar-refractivity contribution in [1.82, 2.24) is 0 Å². The van der Waals surface area contributed by atoms with Gasteiger partial charge in [0, 0.05) is 0 Å². The normalized spacial score (nSPS) is 22.9. The van der Waals surface area contributed by atoms with Crippen LogP contribution < -0.4 is 0 Å². The Hall–Kier alpha value is -3.32. The monoisotopic (exact) mass is 524 g/mol. The summed E-state index contributed by atoms with van der Waals surface area (Å²) in [5, 5.41) is 0. The minimum Gasteiger partial charge on any atom is -0.368 e. The van der Waals surface area contributed by atoms with Gasteiger partial charge >= 0.3 is 0 Å². The molecule has 0 unspecified atom stereocenters. The summed E-state index contributed by atoms with van der Waals surface area (Å²) in [6.07, 6.45) is -2.17. The van der Waals surface area contributed by atoms with Gasteiger partial charge in [0.05, 0.1) is 32.5 Å². The van der Waals surface area contributed by atoms with Crippen molar-refractivity contribution in [3.63, 3.8) is 0 Å². The van der Waals surface area contributed by atoms with E-state index in [9.17, 15) is 0 Å². The summed E-state index contributed by atoms with van der Waals surface area (Å²) >= 11 is 0. The Morgan fingerprint density at radius 2 is 0.769 bits per heavy atom. The Labute approximate surface area is 231 Å². The molecule has 39 heavy (non-hydrogen) atoms. The van der Waals surface area contributed by atoms with Crippen LogP contribution in [0.1, 0.15) is 29.2 Å². The van der Waals surface area contributed by atoms with E-state index >= 15 is 0 Å². The molecule has 5 atom stereocenters. The first-order chi connectivity index (χ1) is 19.3. The van der Waals surface area contributed by atoms with Crippen molar-refractivity contribution >= 4 is 0 Å². The lowest BCUT2D eigenvalue weighted by Crippen LogP contribution is -2.60. The molecule has 0 saturated carbocycles. The molecule has 0 aliphatic carbocycles. The highest BCUT2D eigenvalue weighted by Gasteiger charge is 2.47. The predicted molar refractivity (Wildman–Crippen MR) is 151 cm³/mol. The van der Waals surface area contributed by atoms with Crippen LogP contribution in [-0.2, 0) is 50.1 Å². The molecule has 4 aromatic carbocycles. The molecule has 1 saturated heterocycles. The molecule has 1 fully saturated rings. The van der Waals surface area contributed by atoms with Gasteiger partial charge in [0.2, 0.25) is 0 Å². The van der Waals surface area contributed by atoms with Crippen molar-refractivity contribution in [3.05, 3.63) is 144 Å². The molecule has 5 nitrogen and oxygen atoms in total. The van der Waals surface area contributed by atoms with E-state index in [0.29, 0.717) is 26.4 Å². The average Bonchev–Trinajstić information content (AvgIpc) is 3.00. The summed E-state index contributed by atoms with van der Waals surface area (Å²) in [6, 6.07) is 40.5. The first kappa shape index (κ1) is 27.3. The van der Waals surface area contributed by atoms with Gasteiger partial charge in [0.15, 0.2) is 6.29 Å². The van der Waals surface area contributed by atoms with Crippen molar-refractivity contribution in [2.75, 3.05) is 0 Å². The van der Waals surface area contributed by atoms with E-state index in [1.165, 1.54) is 0 Å². The third-order valence-corrected chi connectivity index (χ3v) is 6.84. The maximum absolute atomic E-state index is 6.61. The third kappa shape index (κ3) is 7.85. The minimum absolute atomic E-state index is 0.271. The van der Waals surface area contributed by atoms with Crippen LogP contribution in [0.2, 0.25) is 0 Å². The maximum atomic E-state index is 6.61.